The quantitative estimate of drug-likeness (QED) is 0.248. The molecule has 21 heavy (non-hydrogen) atoms. The van der Waals surface area contributed by atoms with Gasteiger partial charge in [-0.2, -0.15) is 13.2 Å². The number of halogens is 3. The number of carbonyl (C=O) groups is 1. The molecule has 0 heterocycles. The van der Waals surface area contributed by atoms with Gasteiger partial charge < -0.3 is 4.74 Å². The van der Waals surface area contributed by atoms with Crippen molar-refractivity contribution in [1.82, 2.24) is 0 Å². The van der Waals surface area contributed by atoms with Gasteiger partial charge in [-0.25, -0.2) is 4.79 Å². The second kappa shape index (κ2) is 8.16. The Bertz CT molecular complexity index is 499. The van der Waals surface area contributed by atoms with E-state index in [4.69, 9.17) is 10.3 Å². The van der Waals surface area contributed by atoms with Crippen LogP contribution >= 0.6 is 0 Å². The van der Waals surface area contributed by atoms with Crippen molar-refractivity contribution in [3.8, 4) is 0 Å². The first kappa shape index (κ1) is 16.8. The standard InChI is InChI=1S/C13H14F3N3O2/c14-13(15,16)9-11(18-19-17)7-4-8-21-12(20)10-5-2-1-3-6-10/h1-3,5-6,11H,4,7-9H2. The molecule has 1 rings (SSSR count). The highest BCUT2D eigenvalue weighted by Crippen LogP contribution is 2.25. The fraction of sp³-hybridized carbons (Fsp3) is 0.462. The molecule has 1 aromatic carbocycles. The Hall–Kier alpha value is -2.21. The number of benzene rings is 1. The summed E-state index contributed by atoms with van der Waals surface area (Å²) in [6.07, 6.45) is -5.37. The zero-order valence-corrected chi connectivity index (χ0v) is 11.1. The summed E-state index contributed by atoms with van der Waals surface area (Å²) in [5.74, 6) is -0.535. The van der Waals surface area contributed by atoms with Crippen molar-refractivity contribution in [3.05, 3.63) is 46.3 Å². The Morgan fingerprint density at radius 2 is 2.00 bits per heavy atom. The minimum atomic E-state index is -4.39. The Morgan fingerprint density at radius 1 is 1.33 bits per heavy atom. The number of azide groups is 1. The van der Waals surface area contributed by atoms with Gasteiger partial charge in [-0.05, 0) is 30.5 Å². The maximum atomic E-state index is 12.2. The molecule has 0 fully saturated rings. The number of hydrogen-bond acceptors (Lipinski definition) is 3. The minimum absolute atomic E-state index is 0.00559. The Balaban J connectivity index is 2.34. The van der Waals surface area contributed by atoms with Crippen LogP contribution in [0.15, 0.2) is 35.4 Å². The molecule has 0 spiro atoms. The fourth-order valence-corrected chi connectivity index (χ4v) is 1.68. The Labute approximate surface area is 119 Å². The number of hydrogen-bond donors (Lipinski definition) is 0. The number of alkyl halides is 3. The number of rotatable bonds is 7. The van der Waals surface area contributed by atoms with E-state index in [1.54, 1.807) is 30.3 Å². The van der Waals surface area contributed by atoms with Gasteiger partial charge >= 0.3 is 12.1 Å². The van der Waals surface area contributed by atoms with Crippen molar-refractivity contribution in [2.45, 2.75) is 31.5 Å². The van der Waals surface area contributed by atoms with E-state index in [2.05, 4.69) is 10.0 Å². The van der Waals surface area contributed by atoms with E-state index >= 15 is 0 Å². The summed E-state index contributed by atoms with van der Waals surface area (Å²) in [5.41, 5.74) is 8.61. The highest BCUT2D eigenvalue weighted by atomic mass is 19.4. The molecule has 0 radical (unpaired) electrons. The highest BCUT2D eigenvalue weighted by molar-refractivity contribution is 5.89. The van der Waals surface area contributed by atoms with Gasteiger partial charge in [0, 0.05) is 11.0 Å². The van der Waals surface area contributed by atoms with Crippen LogP contribution in [-0.2, 0) is 4.74 Å². The van der Waals surface area contributed by atoms with E-state index in [0.717, 1.165) is 0 Å². The molecular formula is C13H14F3N3O2. The number of esters is 1. The first-order valence-corrected chi connectivity index (χ1v) is 6.25. The third-order valence-corrected chi connectivity index (χ3v) is 2.61. The molecule has 0 bridgehead atoms. The van der Waals surface area contributed by atoms with E-state index in [9.17, 15) is 18.0 Å². The summed E-state index contributed by atoms with van der Waals surface area (Å²) >= 11 is 0. The largest absolute Gasteiger partial charge is 0.462 e. The normalized spacial score (nSPS) is 12.3. The topological polar surface area (TPSA) is 75.1 Å². The maximum Gasteiger partial charge on any atom is 0.389 e. The van der Waals surface area contributed by atoms with Gasteiger partial charge in [-0.15, -0.1) is 0 Å². The predicted molar refractivity (Wildman–Crippen MR) is 69.6 cm³/mol. The molecule has 1 atom stereocenters. The lowest BCUT2D eigenvalue weighted by Gasteiger charge is -2.13. The van der Waals surface area contributed by atoms with Gasteiger partial charge in [0.05, 0.1) is 18.6 Å². The van der Waals surface area contributed by atoms with Gasteiger partial charge in [0.2, 0.25) is 0 Å². The van der Waals surface area contributed by atoms with Crippen molar-refractivity contribution in [3.63, 3.8) is 0 Å². The van der Waals surface area contributed by atoms with Crippen LogP contribution in [0.25, 0.3) is 10.4 Å². The summed E-state index contributed by atoms with van der Waals surface area (Å²) in [6, 6.07) is 7.09. The van der Waals surface area contributed by atoms with Gasteiger partial charge in [0.25, 0.3) is 0 Å². The Morgan fingerprint density at radius 3 is 2.57 bits per heavy atom. The average Bonchev–Trinajstić information content (AvgIpc) is 2.43. The zero-order chi connectivity index (χ0) is 15.7. The van der Waals surface area contributed by atoms with Crippen LogP contribution in [0.2, 0.25) is 0 Å². The fourth-order valence-electron chi connectivity index (χ4n) is 1.68. The molecule has 0 aromatic heterocycles. The maximum absolute atomic E-state index is 12.2. The summed E-state index contributed by atoms with van der Waals surface area (Å²) in [6.45, 7) is -0.0248. The van der Waals surface area contributed by atoms with E-state index in [1.165, 1.54) is 0 Å². The molecular weight excluding hydrogens is 287 g/mol. The highest BCUT2D eigenvalue weighted by Gasteiger charge is 2.31. The van der Waals surface area contributed by atoms with Gasteiger partial charge in [0.15, 0.2) is 0 Å². The van der Waals surface area contributed by atoms with Crippen LogP contribution in [0, 0.1) is 0 Å². The molecule has 0 amide bonds. The van der Waals surface area contributed by atoms with Gasteiger partial charge in [0.1, 0.15) is 0 Å². The third-order valence-electron chi connectivity index (χ3n) is 2.61. The molecule has 114 valence electrons. The number of ether oxygens (including phenoxy) is 1. The van der Waals surface area contributed by atoms with E-state index in [1.807, 2.05) is 0 Å². The summed E-state index contributed by atoms with van der Waals surface area (Å²) < 4.78 is 41.6. The monoisotopic (exact) mass is 301 g/mol. The molecule has 0 saturated heterocycles. The van der Waals surface area contributed by atoms with Crippen molar-refractivity contribution < 1.29 is 22.7 Å². The van der Waals surface area contributed by atoms with Crippen LogP contribution in [0.5, 0.6) is 0 Å². The smallest absolute Gasteiger partial charge is 0.389 e. The zero-order valence-electron chi connectivity index (χ0n) is 11.1. The van der Waals surface area contributed by atoms with Crippen molar-refractivity contribution in [2.75, 3.05) is 6.61 Å². The van der Waals surface area contributed by atoms with Crippen LogP contribution in [-0.4, -0.2) is 24.8 Å². The van der Waals surface area contributed by atoms with Crippen molar-refractivity contribution in [2.24, 2.45) is 5.11 Å². The number of carbonyl (C=O) groups excluding carboxylic acids is 1. The minimum Gasteiger partial charge on any atom is -0.462 e. The van der Waals surface area contributed by atoms with Gasteiger partial charge in [-0.3, -0.25) is 0 Å². The van der Waals surface area contributed by atoms with Crippen LogP contribution < -0.4 is 0 Å². The molecule has 0 aliphatic carbocycles. The lowest BCUT2D eigenvalue weighted by Crippen LogP contribution is -2.18. The van der Waals surface area contributed by atoms with Crippen molar-refractivity contribution in [1.29, 1.82) is 0 Å². The molecule has 8 heteroatoms. The number of nitrogens with zero attached hydrogens (tertiary/aromatic N) is 3. The SMILES string of the molecule is [N-]=[N+]=NC(CCCOC(=O)c1ccccc1)CC(F)(F)F. The molecule has 0 aliphatic rings. The average molecular weight is 301 g/mol. The second-order valence-corrected chi connectivity index (χ2v) is 4.32. The molecule has 0 saturated carbocycles. The first-order chi connectivity index (χ1) is 9.92. The van der Waals surface area contributed by atoms with Crippen LogP contribution in [0.4, 0.5) is 13.2 Å². The molecule has 1 aromatic rings. The lowest BCUT2D eigenvalue weighted by molar-refractivity contribution is -0.138. The van der Waals surface area contributed by atoms with E-state index in [-0.39, 0.29) is 19.4 Å². The van der Waals surface area contributed by atoms with Gasteiger partial charge in [-0.1, -0.05) is 23.3 Å². The summed E-state index contributed by atoms with van der Waals surface area (Å²) in [5, 5.41) is 3.10. The third kappa shape index (κ3) is 7.22. The molecule has 0 N–H and O–H groups in total. The summed E-state index contributed by atoms with van der Waals surface area (Å²) in [4.78, 5) is 14.0. The molecule has 5 nitrogen and oxygen atoms in total. The first-order valence-electron chi connectivity index (χ1n) is 6.25. The molecule has 1 unspecified atom stereocenters. The van der Waals surface area contributed by atoms with Crippen LogP contribution in [0.3, 0.4) is 0 Å². The Kier molecular flexibility index (Phi) is 6.55. The van der Waals surface area contributed by atoms with E-state index in [0.29, 0.717) is 5.56 Å². The van der Waals surface area contributed by atoms with Crippen LogP contribution in [0.1, 0.15) is 29.6 Å². The second-order valence-electron chi connectivity index (χ2n) is 4.32. The van der Waals surface area contributed by atoms with E-state index < -0.39 is 24.6 Å². The lowest BCUT2D eigenvalue weighted by atomic mass is 10.1. The van der Waals surface area contributed by atoms with Crippen molar-refractivity contribution >= 4 is 5.97 Å². The molecule has 0 aliphatic heterocycles. The summed E-state index contributed by atoms with van der Waals surface area (Å²) in [7, 11) is 0. The predicted octanol–water partition coefficient (Wildman–Crippen LogP) is 4.25.